The Bertz CT molecular complexity index is 572. The SMILES string of the molecule is CCc1nc(NN)c(C)c(Sc2ccc(Br)cc2)n1. The van der Waals surface area contributed by atoms with Gasteiger partial charge in [-0.05, 0) is 31.2 Å². The van der Waals surface area contributed by atoms with E-state index in [4.69, 9.17) is 5.84 Å². The molecular weight excluding hydrogens is 324 g/mol. The Labute approximate surface area is 125 Å². The van der Waals surface area contributed by atoms with Gasteiger partial charge in [0.2, 0.25) is 0 Å². The molecule has 0 saturated carbocycles. The number of nitrogens with two attached hydrogens (primary N) is 1. The van der Waals surface area contributed by atoms with E-state index in [-0.39, 0.29) is 0 Å². The normalized spacial score (nSPS) is 10.5. The molecule has 0 saturated heterocycles. The summed E-state index contributed by atoms with van der Waals surface area (Å²) in [5.41, 5.74) is 3.60. The Morgan fingerprint density at radius 1 is 1.26 bits per heavy atom. The van der Waals surface area contributed by atoms with Gasteiger partial charge in [0.05, 0.1) is 0 Å². The molecule has 0 aliphatic carbocycles. The van der Waals surface area contributed by atoms with E-state index in [2.05, 4.69) is 43.5 Å². The smallest absolute Gasteiger partial charge is 0.147 e. The summed E-state index contributed by atoms with van der Waals surface area (Å²) in [7, 11) is 0. The summed E-state index contributed by atoms with van der Waals surface area (Å²) in [6, 6.07) is 8.14. The Kier molecular flexibility index (Phi) is 4.79. The van der Waals surface area contributed by atoms with Gasteiger partial charge in [-0.1, -0.05) is 34.6 Å². The number of aromatic nitrogens is 2. The second-order valence-corrected chi connectivity index (χ2v) is 5.95. The third-order valence-electron chi connectivity index (χ3n) is 2.63. The lowest BCUT2D eigenvalue weighted by Crippen LogP contribution is -2.13. The van der Waals surface area contributed by atoms with Gasteiger partial charge in [-0.2, -0.15) is 0 Å². The third kappa shape index (κ3) is 3.46. The van der Waals surface area contributed by atoms with Crippen LogP contribution in [0.4, 0.5) is 5.82 Å². The van der Waals surface area contributed by atoms with Crippen molar-refractivity contribution >= 4 is 33.5 Å². The van der Waals surface area contributed by atoms with Crippen molar-refractivity contribution in [3.05, 3.63) is 40.1 Å². The van der Waals surface area contributed by atoms with Crippen LogP contribution in [0.1, 0.15) is 18.3 Å². The number of hydrogen-bond donors (Lipinski definition) is 2. The summed E-state index contributed by atoms with van der Waals surface area (Å²) >= 11 is 5.04. The molecule has 2 aromatic rings. The minimum Gasteiger partial charge on any atom is -0.308 e. The highest BCUT2D eigenvalue weighted by atomic mass is 79.9. The maximum atomic E-state index is 5.50. The molecule has 0 fully saturated rings. The molecule has 6 heteroatoms. The predicted molar refractivity (Wildman–Crippen MR) is 82.2 cm³/mol. The van der Waals surface area contributed by atoms with Crippen LogP contribution in [-0.4, -0.2) is 9.97 Å². The molecular formula is C13H15BrN4S. The fourth-order valence-electron chi connectivity index (χ4n) is 1.55. The van der Waals surface area contributed by atoms with Gasteiger partial charge in [0.15, 0.2) is 0 Å². The fourth-order valence-corrected chi connectivity index (χ4v) is 2.71. The largest absolute Gasteiger partial charge is 0.308 e. The van der Waals surface area contributed by atoms with Gasteiger partial charge >= 0.3 is 0 Å². The Morgan fingerprint density at radius 2 is 1.95 bits per heavy atom. The first-order chi connectivity index (χ1) is 9.13. The number of nitrogen functional groups attached to an aromatic ring is 1. The number of rotatable bonds is 4. The van der Waals surface area contributed by atoms with Crippen molar-refractivity contribution in [2.45, 2.75) is 30.2 Å². The van der Waals surface area contributed by atoms with Crippen LogP contribution in [0.5, 0.6) is 0 Å². The second-order valence-electron chi connectivity index (χ2n) is 3.97. The monoisotopic (exact) mass is 338 g/mol. The first-order valence-electron chi connectivity index (χ1n) is 5.91. The molecule has 19 heavy (non-hydrogen) atoms. The molecule has 0 spiro atoms. The highest BCUT2D eigenvalue weighted by Crippen LogP contribution is 2.31. The number of anilines is 1. The Hall–Kier alpha value is -1.11. The van der Waals surface area contributed by atoms with E-state index >= 15 is 0 Å². The highest BCUT2D eigenvalue weighted by Gasteiger charge is 2.10. The number of nitrogens with one attached hydrogen (secondary N) is 1. The molecule has 3 N–H and O–H groups in total. The predicted octanol–water partition coefficient (Wildman–Crippen LogP) is 3.55. The fraction of sp³-hybridized carbons (Fsp3) is 0.231. The average Bonchev–Trinajstić information content (AvgIpc) is 2.43. The van der Waals surface area contributed by atoms with Gasteiger partial charge in [-0.15, -0.1) is 0 Å². The number of nitrogens with zero attached hydrogens (tertiary/aromatic N) is 2. The Balaban J connectivity index is 2.35. The van der Waals surface area contributed by atoms with E-state index in [1.54, 1.807) is 11.8 Å². The van der Waals surface area contributed by atoms with Crippen LogP contribution in [0.15, 0.2) is 38.7 Å². The number of hydrogen-bond acceptors (Lipinski definition) is 5. The maximum absolute atomic E-state index is 5.50. The second kappa shape index (κ2) is 6.36. The summed E-state index contributed by atoms with van der Waals surface area (Å²) in [5, 5.41) is 0.933. The summed E-state index contributed by atoms with van der Waals surface area (Å²) in [6.45, 7) is 3.99. The van der Waals surface area contributed by atoms with Crippen molar-refractivity contribution in [3.8, 4) is 0 Å². The first kappa shape index (κ1) is 14.3. The minimum atomic E-state index is 0.687. The summed E-state index contributed by atoms with van der Waals surface area (Å²) < 4.78 is 1.06. The summed E-state index contributed by atoms with van der Waals surface area (Å²) in [4.78, 5) is 10.1. The summed E-state index contributed by atoms with van der Waals surface area (Å²) in [5.74, 6) is 6.98. The minimum absolute atomic E-state index is 0.687. The van der Waals surface area contributed by atoms with Crippen LogP contribution in [0.25, 0.3) is 0 Å². The van der Waals surface area contributed by atoms with E-state index in [9.17, 15) is 0 Å². The van der Waals surface area contributed by atoms with Crippen molar-refractivity contribution < 1.29 is 0 Å². The van der Waals surface area contributed by atoms with Crippen LogP contribution in [0.3, 0.4) is 0 Å². The maximum Gasteiger partial charge on any atom is 0.147 e. The molecule has 0 radical (unpaired) electrons. The zero-order chi connectivity index (χ0) is 13.8. The van der Waals surface area contributed by atoms with Crippen LogP contribution in [-0.2, 0) is 6.42 Å². The molecule has 1 heterocycles. The topological polar surface area (TPSA) is 63.8 Å². The molecule has 4 nitrogen and oxygen atoms in total. The van der Waals surface area contributed by atoms with E-state index in [0.717, 1.165) is 32.2 Å². The number of halogens is 1. The molecule has 100 valence electrons. The quantitative estimate of drug-likeness (QED) is 0.507. The van der Waals surface area contributed by atoms with E-state index in [1.807, 2.05) is 26.0 Å². The molecule has 0 amide bonds. The van der Waals surface area contributed by atoms with Crippen molar-refractivity contribution in [1.82, 2.24) is 9.97 Å². The Morgan fingerprint density at radius 3 is 2.53 bits per heavy atom. The van der Waals surface area contributed by atoms with Crippen LogP contribution in [0.2, 0.25) is 0 Å². The van der Waals surface area contributed by atoms with E-state index < -0.39 is 0 Å². The summed E-state index contributed by atoms with van der Waals surface area (Å²) in [6.07, 6.45) is 0.781. The molecule has 0 aliphatic heterocycles. The third-order valence-corrected chi connectivity index (χ3v) is 4.26. The number of hydrazine groups is 1. The van der Waals surface area contributed by atoms with Gasteiger partial charge in [-0.3, -0.25) is 0 Å². The van der Waals surface area contributed by atoms with Gasteiger partial charge < -0.3 is 5.43 Å². The molecule has 0 atom stereocenters. The molecule has 2 rings (SSSR count). The molecule has 1 aromatic heterocycles. The van der Waals surface area contributed by atoms with E-state index in [0.29, 0.717) is 5.82 Å². The molecule has 0 unspecified atom stereocenters. The van der Waals surface area contributed by atoms with Crippen LogP contribution in [0, 0.1) is 6.92 Å². The average molecular weight is 339 g/mol. The molecule has 1 aromatic carbocycles. The van der Waals surface area contributed by atoms with Gasteiger partial charge in [0.25, 0.3) is 0 Å². The van der Waals surface area contributed by atoms with Crippen molar-refractivity contribution in [2.75, 3.05) is 5.43 Å². The standard InChI is InChI=1S/C13H15BrN4S/c1-3-11-16-12(18-15)8(2)13(17-11)19-10-6-4-9(14)5-7-10/h4-7H,3,15H2,1-2H3,(H,16,17,18). The first-order valence-corrected chi connectivity index (χ1v) is 7.52. The highest BCUT2D eigenvalue weighted by molar-refractivity contribution is 9.10. The van der Waals surface area contributed by atoms with E-state index in [1.165, 1.54) is 0 Å². The zero-order valence-electron chi connectivity index (χ0n) is 10.8. The molecule has 0 bridgehead atoms. The lowest BCUT2D eigenvalue weighted by Gasteiger charge is -2.11. The van der Waals surface area contributed by atoms with Crippen molar-refractivity contribution in [1.29, 1.82) is 0 Å². The lowest BCUT2D eigenvalue weighted by molar-refractivity contribution is 0.871. The van der Waals surface area contributed by atoms with Gasteiger partial charge in [0.1, 0.15) is 16.7 Å². The van der Waals surface area contributed by atoms with Gasteiger partial charge in [0, 0.05) is 21.4 Å². The van der Waals surface area contributed by atoms with Crippen molar-refractivity contribution in [3.63, 3.8) is 0 Å². The van der Waals surface area contributed by atoms with Crippen molar-refractivity contribution in [2.24, 2.45) is 5.84 Å². The number of benzene rings is 1. The van der Waals surface area contributed by atoms with Crippen LogP contribution < -0.4 is 11.3 Å². The zero-order valence-corrected chi connectivity index (χ0v) is 13.2. The molecule has 0 aliphatic rings. The lowest BCUT2D eigenvalue weighted by atomic mass is 10.3. The van der Waals surface area contributed by atoms with Gasteiger partial charge in [-0.25, -0.2) is 15.8 Å². The number of aryl methyl sites for hydroxylation is 1. The van der Waals surface area contributed by atoms with Crippen LogP contribution >= 0.6 is 27.7 Å².